The Bertz CT molecular complexity index is 2070. The van der Waals surface area contributed by atoms with Gasteiger partial charge in [0.15, 0.2) is 11.6 Å². The van der Waals surface area contributed by atoms with Crippen molar-refractivity contribution in [2.75, 3.05) is 50.5 Å². The van der Waals surface area contributed by atoms with E-state index in [0.29, 0.717) is 38.2 Å². The molecular weight excluding hydrogens is 651 g/mol. The first-order chi connectivity index (χ1) is 22.6. The summed E-state index contributed by atoms with van der Waals surface area (Å²) in [5.74, 6) is -0.725. The van der Waals surface area contributed by atoms with E-state index in [2.05, 4.69) is 14.7 Å². The first kappa shape index (κ1) is 30.3. The molecule has 2 N–H and O–H groups in total. The number of hydrogen-bond acceptors (Lipinski definition) is 9. The van der Waals surface area contributed by atoms with E-state index < -0.39 is 28.9 Å². The molecule has 242 valence electrons. The minimum atomic E-state index is -0.951. The molecule has 0 amide bonds. The van der Waals surface area contributed by atoms with Crippen LogP contribution in [-0.2, 0) is 0 Å². The highest BCUT2D eigenvalue weighted by atomic mass is 35.5. The van der Waals surface area contributed by atoms with Crippen molar-refractivity contribution in [3.8, 4) is 29.0 Å². The fraction of sp³-hybridized carbons (Fsp3) is 0.455. The van der Waals surface area contributed by atoms with Crippen molar-refractivity contribution in [3.63, 3.8) is 0 Å². The van der Waals surface area contributed by atoms with Crippen LogP contribution in [0.1, 0.15) is 37.7 Å². The van der Waals surface area contributed by atoms with Gasteiger partial charge in [0.05, 0.1) is 31.8 Å². The Morgan fingerprint density at radius 3 is 2.85 bits per heavy atom. The number of ether oxygens (including phenoxy) is 2. The molecule has 2 atom stereocenters. The molecule has 1 spiro atoms. The molecule has 0 radical (unpaired) electrons. The van der Waals surface area contributed by atoms with E-state index in [1.165, 1.54) is 12.1 Å². The van der Waals surface area contributed by atoms with Crippen molar-refractivity contribution in [2.45, 2.75) is 49.4 Å². The molecule has 14 heteroatoms. The number of nitrogens with two attached hydrogens (primary N) is 1. The number of anilines is 2. The molecule has 4 aromatic rings. The first-order valence-electron chi connectivity index (χ1n) is 15.4. The number of alkyl halides is 1. The van der Waals surface area contributed by atoms with Gasteiger partial charge in [-0.25, -0.2) is 19.7 Å². The number of rotatable bonds is 5. The van der Waals surface area contributed by atoms with Crippen molar-refractivity contribution in [3.05, 3.63) is 45.8 Å². The number of likely N-dealkylation sites (N-methyl/N-ethyl adjacent to an activating group) is 1. The van der Waals surface area contributed by atoms with Crippen LogP contribution in [0.2, 0.25) is 5.02 Å². The molecule has 1 saturated carbocycles. The van der Waals surface area contributed by atoms with Crippen LogP contribution < -0.4 is 20.1 Å². The average molecular weight is 680 g/mol. The van der Waals surface area contributed by atoms with Crippen LogP contribution in [-0.4, -0.2) is 72.0 Å². The van der Waals surface area contributed by atoms with Gasteiger partial charge in [0.2, 0.25) is 6.54 Å². The number of benzene rings is 2. The molecule has 0 unspecified atom stereocenters. The monoisotopic (exact) mass is 679 g/mol. The zero-order valence-corrected chi connectivity index (χ0v) is 27.0. The summed E-state index contributed by atoms with van der Waals surface area (Å²) in [6, 6.07) is 4.52. The van der Waals surface area contributed by atoms with Gasteiger partial charge in [-0.1, -0.05) is 17.7 Å². The lowest BCUT2D eigenvalue weighted by Crippen LogP contribution is -2.60. The predicted molar refractivity (Wildman–Crippen MR) is 174 cm³/mol. The molecule has 2 aromatic heterocycles. The standard InChI is InChI=1S/C33H29ClF3N7O2S/c1-40-12-16-8-33(9-16)15-45-27-23-26(25(37)22(24(27)34)18-4-5-20(36)28-21(18)19(11-38)29(39)47-28)41-31(42-30(23)43(33)2)46-14-32-6-3-7-44(32)13-17(35)10-32/h4-5,16-17H,3,6-10,12-15,39H2,2H3/t16?,17-,32+,33?/m1/s1. The molecule has 8 rings (SSSR count). The van der Waals surface area contributed by atoms with Gasteiger partial charge in [-0.05, 0) is 43.9 Å². The lowest BCUT2D eigenvalue weighted by molar-refractivity contribution is 0.0902. The maximum Gasteiger partial charge on any atom is 0.319 e. The summed E-state index contributed by atoms with van der Waals surface area (Å²) < 4.78 is 59.4. The number of halogens is 4. The van der Waals surface area contributed by atoms with Gasteiger partial charge < -0.3 is 25.0 Å². The van der Waals surface area contributed by atoms with Crippen LogP contribution in [0, 0.1) is 35.5 Å². The Kier molecular flexibility index (Phi) is 6.92. The summed E-state index contributed by atoms with van der Waals surface area (Å²) in [5, 5.41) is 10.4. The highest BCUT2D eigenvalue weighted by Gasteiger charge is 2.53. The van der Waals surface area contributed by atoms with Gasteiger partial charge >= 0.3 is 6.01 Å². The quantitative estimate of drug-likeness (QED) is 0.231. The SMILES string of the molecule is [C-]#[N+]CC1CC2(COc3c(Cl)c(-c4ccc(F)c5sc(N)c(C#N)c45)c(F)c4nc(OC[C@@]56CCCN5C[C@H](F)C6)nc(c34)N2C)C1. The third kappa shape index (κ3) is 4.36. The maximum absolute atomic E-state index is 17.1. The molecule has 2 aromatic carbocycles. The average Bonchev–Trinajstić information content (AvgIpc) is 3.65. The van der Waals surface area contributed by atoms with Gasteiger partial charge in [0, 0.05) is 36.9 Å². The molecule has 4 aliphatic rings. The van der Waals surface area contributed by atoms with Gasteiger partial charge in [-0.2, -0.15) is 15.2 Å². The van der Waals surface area contributed by atoms with E-state index >= 15 is 4.39 Å². The third-order valence-corrected chi connectivity index (χ3v) is 12.0. The fourth-order valence-corrected chi connectivity index (χ4v) is 9.55. The number of fused-ring (bicyclic) bond motifs is 2. The van der Waals surface area contributed by atoms with Crippen molar-refractivity contribution in [2.24, 2.45) is 5.92 Å². The third-order valence-electron chi connectivity index (χ3n) is 10.6. The van der Waals surface area contributed by atoms with E-state index in [4.69, 9.17) is 38.4 Å². The second-order valence-electron chi connectivity index (χ2n) is 13.2. The first-order valence-corrected chi connectivity index (χ1v) is 16.6. The van der Waals surface area contributed by atoms with Gasteiger partial charge in [-0.3, -0.25) is 4.90 Å². The van der Waals surface area contributed by atoms with Crippen molar-refractivity contribution in [1.82, 2.24) is 14.9 Å². The van der Waals surface area contributed by atoms with Crippen LogP contribution in [0.25, 0.3) is 37.0 Å². The second kappa shape index (κ2) is 10.7. The van der Waals surface area contributed by atoms with Crippen molar-refractivity contribution in [1.29, 1.82) is 5.26 Å². The maximum atomic E-state index is 17.1. The smallest absolute Gasteiger partial charge is 0.319 e. The van der Waals surface area contributed by atoms with Crippen LogP contribution in [0.3, 0.4) is 0 Å². The van der Waals surface area contributed by atoms with Crippen LogP contribution in [0.5, 0.6) is 11.8 Å². The second-order valence-corrected chi connectivity index (χ2v) is 14.6. The normalized spacial score (nSPS) is 26.6. The molecule has 3 aliphatic heterocycles. The number of nitriles is 1. The zero-order valence-electron chi connectivity index (χ0n) is 25.4. The van der Waals surface area contributed by atoms with E-state index in [9.17, 15) is 14.0 Å². The van der Waals surface area contributed by atoms with Crippen LogP contribution >= 0.6 is 22.9 Å². The van der Waals surface area contributed by atoms with Crippen LogP contribution in [0.4, 0.5) is 24.0 Å². The lowest BCUT2D eigenvalue weighted by atomic mass is 9.67. The van der Waals surface area contributed by atoms with Gasteiger partial charge in [0.25, 0.3) is 0 Å². The van der Waals surface area contributed by atoms with E-state index in [0.717, 1.165) is 30.7 Å². The Morgan fingerprint density at radius 1 is 1.28 bits per heavy atom. The summed E-state index contributed by atoms with van der Waals surface area (Å²) in [4.78, 5) is 17.0. The Morgan fingerprint density at radius 2 is 2.09 bits per heavy atom. The van der Waals surface area contributed by atoms with E-state index in [1.807, 2.05) is 18.0 Å². The molecular formula is C33H29ClF3N7O2S. The summed E-state index contributed by atoms with van der Waals surface area (Å²) in [6.07, 6.45) is 2.41. The number of aromatic nitrogens is 2. The topological polar surface area (TPSA) is 105 Å². The predicted octanol–water partition coefficient (Wildman–Crippen LogP) is 6.75. The fourth-order valence-electron chi connectivity index (χ4n) is 8.26. The highest BCUT2D eigenvalue weighted by molar-refractivity contribution is 7.23. The van der Waals surface area contributed by atoms with Crippen molar-refractivity contribution < 1.29 is 22.6 Å². The summed E-state index contributed by atoms with van der Waals surface area (Å²) in [7, 11) is 1.86. The highest BCUT2D eigenvalue weighted by Crippen LogP contribution is 2.54. The Balaban J connectivity index is 1.33. The number of nitrogens with zero attached hydrogens (tertiary/aromatic N) is 6. The zero-order chi connectivity index (χ0) is 32.8. The summed E-state index contributed by atoms with van der Waals surface area (Å²) in [6.45, 7) is 9.19. The van der Waals surface area contributed by atoms with Crippen molar-refractivity contribution >= 4 is 54.7 Å². The van der Waals surface area contributed by atoms with E-state index in [1.54, 1.807) is 0 Å². The van der Waals surface area contributed by atoms with Gasteiger partial charge in [-0.15, -0.1) is 11.3 Å². The van der Waals surface area contributed by atoms with Gasteiger partial charge in [0.1, 0.15) is 47.6 Å². The largest absolute Gasteiger partial charge is 0.489 e. The number of hydrogen-bond donors (Lipinski definition) is 1. The molecule has 0 bridgehead atoms. The minimum absolute atomic E-state index is 0.0244. The number of nitrogen functional groups attached to an aromatic ring is 1. The minimum Gasteiger partial charge on any atom is -0.489 e. The lowest BCUT2D eigenvalue weighted by Gasteiger charge is -2.50. The summed E-state index contributed by atoms with van der Waals surface area (Å²) in [5.41, 5.74) is 5.04. The molecule has 5 heterocycles. The molecule has 9 nitrogen and oxygen atoms in total. The summed E-state index contributed by atoms with van der Waals surface area (Å²) >= 11 is 7.94. The van der Waals surface area contributed by atoms with Crippen LogP contribution in [0.15, 0.2) is 12.1 Å². The molecule has 3 fully saturated rings. The Hall–Kier alpha value is -4.04. The Labute approximate surface area is 277 Å². The number of thiophene rings is 1. The molecule has 2 saturated heterocycles. The van der Waals surface area contributed by atoms with E-state index in [-0.39, 0.29) is 78.6 Å². The molecule has 47 heavy (non-hydrogen) atoms. The molecule has 1 aliphatic carbocycles.